The predicted octanol–water partition coefficient (Wildman–Crippen LogP) is 5.42. The summed E-state index contributed by atoms with van der Waals surface area (Å²) >= 11 is 0. The number of hydrogen-bond acceptors (Lipinski definition) is 5. The number of carbonyl (C=O) groups excluding carboxylic acids is 1. The molecule has 0 fully saturated rings. The zero-order valence-electron chi connectivity index (χ0n) is 23.3. The maximum absolute atomic E-state index is 10.0. The second-order valence-corrected chi connectivity index (χ2v) is 10.3. The topological polar surface area (TPSA) is 56.7 Å². The molecule has 205 valence electrons. The number of aliphatic hydroxyl groups is 1. The third kappa shape index (κ3) is 5.08. The van der Waals surface area contributed by atoms with Crippen LogP contribution >= 0.6 is 0 Å². The minimum atomic E-state index is -0.125. The molecule has 0 amide bonds. The van der Waals surface area contributed by atoms with Crippen molar-refractivity contribution < 1.29 is 30.0 Å². The number of aromatic nitrogens is 1. The number of anilines is 4. The average molecular weight is 715 g/mol. The van der Waals surface area contributed by atoms with Crippen LogP contribution in [0.4, 0.5) is 22.7 Å². The molecule has 1 aromatic heterocycles. The second-order valence-electron chi connectivity index (χ2n) is 10.3. The summed E-state index contributed by atoms with van der Waals surface area (Å²) in [6.07, 6.45) is 1.17. The number of aliphatic hydroxyl groups excluding tert-OH is 1. The van der Waals surface area contributed by atoms with Crippen molar-refractivity contribution in [3.8, 4) is 11.3 Å². The van der Waals surface area contributed by atoms with Crippen LogP contribution in [0.15, 0.2) is 103 Å². The van der Waals surface area contributed by atoms with Gasteiger partial charge >= 0.3 is 0 Å². The molecule has 5 aromatic rings. The number of pyridine rings is 1. The van der Waals surface area contributed by atoms with Crippen LogP contribution in [0.3, 0.4) is 0 Å². The van der Waals surface area contributed by atoms with Crippen molar-refractivity contribution in [1.29, 1.82) is 0 Å². The number of nitrogens with zero attached hydrogens (tertiary/aromatic N) is 3. The summed E-state index contributed by atoms with van der Waals surface area (Å²) in [6.45, 7) is 3.05. The quantitative estimate of drug-likeness (QED) is 0.115. The summed E-state index contributed by atoms with van der Waals surface area (Å²) in [6, 6.07) is 36.1. The van der Waals surface area contributed by atoms with Gasteiger partial charge in [-0.1, -0.05) is 83.1 Å². The standard InChI is InChI=1S/C29H21BN3.C5H8O2.Ir/c1-32-25-13-7-4-10-21(25)30-22-11-5-8-14-26(22)33(2)28-18-20(17-27(32)29(28)30)24-16-15-19-9-3-6-12-23(19)31-24;1-4(6)3-5(2)7;/h3-17H,1-2H3;3,6H,1-2H3;/q-1;;/b;4-3-;. The van der Waals surface area contributed by atoms with Crippen LogP contribution < -0.4 is 26.2 Å². The Hall–Kier alpha value is -4.19. The number of hydrogen-bond donors (Lipinski definition) is 1. The van der Waals surface area contributed by atoms with E-state index in [0.29, 0.717) is 0 Å². The summed E-state index contributed by atoms with van der Waals surface area (Å²) in [4.78, 5) is 19.6. The Morgan fingerprint density at radius 3 is 2.07 bits per heavy atom. The Kier molecular flexibility index (Phi) is 7.85. The third-order valence-corrected chi connectivity index (χ3v) is 7.56. The number of fused-ring (bicyclic) bond motifs is 5. The fourth-order valence-corrected chi connectivity index (χ4v) is 5.84. The minimum absolute atomic E-state index is 0. The molecule has 5 nitrogen and oxygen atoms in total. The normalized spacial score (nSPS) is 12.9. The zero-order valence-corrected chi connectivity index (χ0v) is 25.7. The molecular formula is C34H29BIrN3O2-. The number of ketones is 1. The number of carbonyl (C=O) groups is 1. The van der Waals surface area contributed by atoms with E-state index in [9.17, 15) is 4.79 Å². The Labute approximate surface area is 254 Å². The Morgan fingerprint density at radius 1 is 0.829 bits per heavy atom. The van der Waals surface area contributed by atoms with Crippen molar-refractivity contribution in [2.45, 2.75) is 13.8 Å². The summed E-state index contributed by atoms with van der Waals surface area (Å²) in [5, 5.41) is 9.51. The van der Waals surface area contributed by atoms with Crippen molar-refractivity contribution in [1.82, 2.24) is 4.98 Å². The molecule has 7 rings (SSSR count). The van der Waals surface area contributed by atoms with Crippen molar-refractivity contribution in [3.63, 3.8) is 0 Å². The molecule has 0 saturated carbocycles. The van der Waals surface area contributed by atoms with E-state index in [0.717, 1.165) is 27.8 Å². The van der Waals surface area contributed by atoms with Crippen LogP contribution in [-0.2, 0) is 24.9 Å². The molecule has 2 aliphatic heterocycles. The van der Waals surface area contributed by atoms with Gasteiger partial charge in [0, 0.05) is 51.7 Å². The van der Waals surface area contributed by atoms with E-state index in [1.165, 1.54) is 53.4 Å². The molecular weight excluding hydrogens is 685 g/mol. The molecule has 2 aliphatic rings. The molecule has 3 heterocycles. The summed E-state index contributed by atoms with van der Waals surface area (Å²) in [7, 11) is 4.32. The van der Waals surface area contributed by atoms with E-state index in [-0.39, 0.29) is 38.4 Å². The maximum atomic E-state index is 10.0. The van der Waals surface area contributed by atoms with E-state index in [1.54, 1.807) is 0 Å². The van der Waals surface area contributed by atoms with Crippen molar-refractivity contribution in [3.05, 3.63) is 109 Å². The van der Waals surface area contributed by atoms with Crippen LogP contribution in [0.5, 0.6) is 0 Å². The first-order valence-electron chi connectivity index (χ1n) is 13.3. The largest absolute Gasteiger partial charge is 0.512 e. The van der Waals surface area contributed by atoms with Gasteiger partial charge in [0.25, 0.3) is 0 Å². The maximum Gasteiger partial charge on any atom is 0.200 e. The molecule has 1 radical (unpaired) electrons. The van der Waals surface area contributed by atoms with Gasteiger partial charge in [0.2, 0.25) is 0 Å². The molecule has 0 spiro atoms. The van der Waals surface area contributed by atoms with Crippen molar-refractivity contribution in [2.75, 3.05) is 23.9 Å². The van der Waals surface area contributed by atoms with Crippen LogP contribution in [0, 0.1) is 6.07 Å². The fraction of sp³-hybridized carbons (Fsp3) is 0.118. The molecule has 0 atom stereocenters. The molecule has 7 heteroatoms. The van der Waals surface area contributed by atoms with E-state index in [2.05, 4.69) is 115 Å². The van der Waals surface area contributed by atoms with Gasteiger partial charge in [0.15, 0.2) is 12.5 Å². The van der Waals surface area contributed by atoms with Gasteiger partial charge in [0.05, 0.1) is 11.3 Å². The van der Waals surface area contributed by atoms with Crippen LogP contribution in [0.2, 0.25) is 0 Å². The van der Waals surface area contributed by atoms with Crippen LogP contribution in [0.1, 0.15) is 13.8 Å². The molecule has 0 bridgehead atoms. The van der Waals surface area contributed by atoms with E-state index >= 15 is 0 Å². The van der Waals surface area contributed by atoms with E-state index in [1.807, 2.05) is 6.07 Å². The first-order valence-corrected chi connectivity index (χ1v) is 13.3. The summed E-state index contributed by atoms with van der Waals surface area (Å²) in [5.41, 5.74) is 11.8. The SMILES string of the molecule is CC(=O)/C=C(/C)O.CN1c2[c-]c(-c3ccc4ccccc4n3)cc3c2B(c2ccccc21)c1ccccc1N3C.[Ir]. The number of para-hydroxylation sites is 3. The molecule has 41 heavy (non-hydrogen) atoms. The summed E-state index contributed by atoms with van der Waals surface area (Å²) in [5.74, 6) is -0.0625. The fourth-order valence-electron chi connectivity index (χ4n) is 5.84. The van der Waals surface area contributed by atoms with Crippen molar-refractivity contribution in [2.24, 2.45) is 0 Å². The number of benzene rings is 4. The Bertz CT molecular complexity index is 1740. The predicted molar refractivity (Wildman–Crippen MR) is 167 cm³/mol. The van der Waals surface area contributed by atoms with Gasteiger partial charge in [-0.2, -0.15) is 0 Å². The molecule has 0 unspecified atom stereocenters. The molecule has 0 aliphatic carbocycles. The molecule has 1 N–H and O–H groups in total. The first kappa shape index (κ1) is 28.3. The summed E-state index contributed by atoms with van der Waals surface area (Å²) < 4.78 is 0. The Morgan fingerprint density at radius 2 is 1.44 bits per heavy atom. The molecule has 0 saturated heterocycles. The van der Waals surface area contributed by atoms with Crippen LogP contribution in [-0.4, -0.2) is 36.7 Å². The third-order valence-electron chi connectivity index (χ3n) is 7.56. The van der Waals surface area contributed by atoms with Gasteiger partial charge in [0.1, 0.15) is 0 Å². The number of rotatable bonds is 2. The van der Waals surface area contributed by atoms with E-state index < -0.39 is 0 Å². The minimum Gasteiger partial charge on any atom is -0.512 e. The average Bonchev–Trinajstić information content (AvgIpc) is 2.96. The Balaban J connectivity index is 0.000000379. The zero-order chi connectivity index (χ0) is 28.0. The van der Waals surface area contributed by atoms with Gasteiger partial charge in [-0.15, -0.1) is 17.7 Å². The smallest absolute Gasteiger partial charge is 0.200 e. The number of allylic oxidation sites excluding steroid dienone is 2. The van der Waals surface area contributed by atoms with Gasteiger partial charge in [-0.25, -0.2) is 0 Å². The first-order chi connectivity index (χ1) is 19.3. The molecule has 4 aromatic carbocycles. The monoisotopic (exact) mass is 715 g/mol. The van der Waals surface area contributed by atoms with Gasteiger partial charge < -0.3 is 14.9 Å². The van der Waals surface area contributed by atoms with Crippen LogP contribution in [0.25, 0.3) is 22.2 Å². The van der Waals surface area contributed by atoms with Crippen molar-refractivity contribution >= 4 is 62.5 Å². The second kappa shape index (κ2) is 11.4. The van der Waals surface area contributed by atoms with Gasteiger partial charge in [-0.05, 0) is 54.5 Å². The van der Waals surface area contributed by atoms with Gasteiger partial charge in [-0.3, -0.25) is 9.78 Å². The van der Waals surface area contributed by atoms with E-state index in [4.69, 9.17) is 10.1 Å².